The van der Waals surface area contributed by atoms with Crippen molar-refractivity contribution >= 4 is 42.1 Å². The number of anilines is 2. The molecule has 57 heavy (non-hydrogen) atoms. The first-order valence-corrected chi connectivity index (χ1v) is 21.9. The molecule has 2 aliphatic heterocycles. The largest absolute Gasteiger partial charge is 0.497 e. The van der Waals surface area contributed by atoms with Crippen LogP contribution in [0.25, 0.3) is 0 Å². The van der Waals surface area contributed by atoms with E-state index in [4.69, 9.17) is 14.2 Å². The number of nitrogens with zero attached hydrogens (tertiary/aromatic N) is 5. The third-order valence-electron chi connectivity index (χ3n) is 11.5. The van der Waals surface area contributed by atoms with Crippen LogP contribution >= 0.6 is 0 Å². The quantitative estimate of drug-likeness (QED) is 0.0791. The molecule has 0 radical (unpaired) electrons. The maximum Gasteiger partial charge on any atom is 0.269 e. The monoisotopic (exact) mass is 790 g/mol. The van der Waals surface area contributed by atoms with Gasteiger partial charge in [-0.3, -0.25) is 24.4 Å². The number of aliphatic hydroxyl groups excluding tert-OH is 1. The first-order chi connectivity index (χ1) is 27.4. The van der Waals surface area contributed by atoms with Crippen molar-refractivity contribution in [1.29, 1.82) is 0 Å². The van der Waals surface area contributed by atoms with Crippen molar-refractivity contribution < 1.29 is 33.8 Å². The maximum atomic E-state index is 15.3. The number of benzene rings is 4. The van der Waals surface area contributed by atoms with Crippen molar-refractivity contribution in [1.82, 2.24) is 15.0 Å². The number of methoxy groups -OCH3 is 2. The van der Waals surface area contributed by atoms with E-state index in [0.29, 0.717) is 53.3 Å². The van der Waals surface area contributed by atoms with E-state index in [2.05, 4.69) is 40.9 Å². The van der Waals surface area contributed by atoms with Crippen LogP contribution in [-0.2, 0) is 34.6 Å². The third kappa shape index (κ3) is 7.41. The van der Waals surface area contributed by atoms with Gasteiger partial charge in [0.2, 0.25) is 0 Å². The summed E-state index contributed by atoms with van der Waals surface area (Å²) in [5, 5.41) is 34.2. The number of carbonyl (C=O) groups excluding carboxylic acids is 2. The molecule has 4 aromatic carbocycles. The number of nitro benzene ring substituents is 1. The van der Waals surface area contributed by atoms with Gasteiger partial charge in [-0.1, -0.05) is 54.7 Å². The number of nitrogens with one attached hydrogen (secondary N) is 1. The Morgan fingerprint density at radius 1 is 1.02 bits per heavy atom. The minimum Gasteiger partial charge on any atom is -0.497 e. The molecule has 15 heteroatoms. The summed E-state index contributed by atoms with van der Waals surface area (Å²) in [6.45, 7) is 7.13. The van der Waals surface area contributed by atoms with Gasteiger partial charge >= 0.3 is 0 Å². The summed E-state index contributed by atoms with van der Waals surface area (Å²) in [5.41, 5.74) is 1.67. The van der Waals surface area contributed by atoms with E-state index in [1.165, 1.54) is 12.1 Å². The van der Waals surface area contributed by atoms with E-state index in [1.54, 1.807) is 66.4 Å². The van der Waals surface area contributed by atoms with E-state index >= 15 is 4.79 Å². The van der Waals surface area contributed by atoms with Crippen LogP contribution in [-0.4, -0.2) is 71.8 Å². The van der Waals surface area contributed by atoms with E-state index in [1.807, 2.05) is 37.3 Å². The lowest BCUT2D eigenvalue weighted by molar-refractivity contribution is -0.385. The molecule has 7 rings (SSSR count). The number of hydrogen-bond donors (Lipinski definition) is 2. The summed E-state index contributed by atoms with van der Waals surface area (Å²) in [6.07, 6.45) is 2.26. The van der Waals surface area contributed by atoms with Crippen molar-refractivity contribution in [2.24, 2.45) is 5.92 Å². The van der Waals surface area contributed by atoms with Gasteiger partial charge in [-0.15, -0.1) is 5.10 Å². The Hall–Kier alpha value is -5.90. The summed E-state index contributed by atoms with van der Waals surface area (Å²) in [5.74, 6) is 0.397. The average molecular weight is 791 g/mol. The molecule has 2 N–H and O–H groups in total. The third-order valence-corrected chi connectivity index (χ3v) is 15.9. The van der Waals surface area contributed by atoms with Crippen molar-refractivity contribution in [3.05, 3.63) is 130 Å². The fourth-order valence-corrected chi connectivity index (χ4v) is 12.7. The topological polar surface area (TPSA) is 171 Å². The van der Waals surface area contributed by atoms with Crippen LogP contribution in [0.2, 0.25) is 18.6 Å². The molecule has 5 aromatic rings. The van der Waals surface area contributed by atoms with Gasteiger partial charge in [0.15, 0.2) is 5.60 Å². The highest BCUT2D eigenvalue weighted by atomic mass is 28.3. The van der Waals surface area contributed by atoms with E-state index in [9.17, 15) is 20.0 Å². The molecule has 0 saturated carbocycles. The maximum absolute atomic E-state index is 15.3. The van der Waals surface area contributed by atoms with E-state index in [-0.39, 0.29) is 42.1 Å². The van der Waals surface area contributed by atoms with Gasteiger partial charge in [0.1, 0.15) is 11.5 Å². The van der Waals surface area contributed by atoms with E-state index < -0.39 is 24.7 Å². The Kier molecular flexibility index (Phi) is 11.0. The van der Waals surface area contributed by atoms with Gasteiger partial charge in [-0.25, -0.2) is 0 Å². The van der Waals surface area contributed by atoms with Crippen LogP contribution in [0.3, 0.4) is 0 Å². The molecule has 2 amide bonds. The van der Waals surface area contributed by atoms with Crippen LogP contribution < -0.4 is 24.9 Å². The fraction of sp³-hybridized carbons (Fsp3) is 0.333. The van der Waals surface area contributed by atoms with Crippen molar-refractivity contribution in [2.45, 2.75) is 63.2 Å². The number of carbonyl (C=O) groups is 2. The van der Waals surface area contributed by atoms with E-state index in [0.717, 1.165) is 16.5 Å². The lowest BCUT2D eigenvalue weighted by Crippen LogP contribution is -2.51. The Morgan fingerprint density at radius 2 is 1.72 bits per heavy atom. The molecule has 4 atom stereocenters. The number of nitro groups is 1. The molecule has 14 nitrogen and oxygen atoms in total. The van der Waals surface area contributed by atoms with Gasteiger partial charge in [0.25, 0.3) is 17.5 Å². The number of amides is 2. The smallest absolute Gasteiger partial charge is 0.269 e. The SMILES string of the molecule is COc1ccc(C(=O)Nc2cccc(CN3C(=O)[C@]4(O[C@H](CCn5cc(CCO)nn5)[C@@H]([Si](C)(C)c5ccc(OC)cc5)[C@@H]4C)c4cc([N+](=O)[O-])ccc43)c2)cc1. The first-order valence-electron chi connectivity index (χ1n) is 18.9. The zero-order valence-corrected chi connectivity index (χ0v) is 33.5. The molecule has 0 aliphatic carbocycles. The highest BCUT2D eigenvalue weighted by Crippen LogP contribution is 2.60. The number of aryl methyl sites for hydroxylation is 1. The number of rotatable bonds is 14. The highest BCUT2D eigenvalue weighted by Gasteiger charge is 2.66. The minimum absolute atomic E-state index is 0.0407. The zero-order valence-electron chi connectivity index (χ0n) is 32.5. The average Bonchev–Trinajstić information content (AvgIpc) is 3.86. The molecule has 1 fully saturated rings. The molecule has 1 aromatic heterocycles. The van der Waals surface area contributed by atoms with Gasteiger partial charge in [0.05, 0.1) is 51.2 Å². The summed E-state index contributed by atoms with van der Waals surface area (Å²) in [6, 6.07) is 26.7. The highest BCUT2D eigenvalue weighted by molar-refractivity contribution is 6.91. The molecular formula is C42H46N6O8Si. The van der Waals surface area contributed by atoms with Gasteiger partial charge < -0.3 is 29.5 Å². The van der Waals surface area contributed by atoms with Crippen LogP contribution in [0.15, 0.2) is 97.2 Å². The number of non-ortho nitro benzene ring substituents is 1. The summed E-state index contributed by atoms with van der Waals surface area (Å²) in [4.78, 5) is 41.8. The van der Waals surface area contributed by atoms with Crippen LogP contribution in [0.1, 0.15) is 40.5 Å². The Bertz CT molecular complexity index is 2280. The normalized spacial score (nSPS) is 20.1. The molecule has 1 spiro atoms. The predicted octanol–water partition coefficient (Wildman–Crippen LogP) is 5.84. The van der Waals surface area contributed by atoms with Gasteiger partial charge in [-0.2, -0.15) is 0 Å². The minimum atomic E-state index is -2.50. The molecule has 0 unspecified atom stereocenters. The molecule has 296 valence electrons. The molecule has 2 aliphatic rings. The molecule has 3 heterocycles. The Balaban J connectivity index is 1.25. The molecule has 1 saturated heterocycles. The number of fused-ring (bicyclic) bond motifs is 2. The standard InChI is InChI=1S/C42H46N6O8Si/c1-27-39(57(4,5)35-16-14-34(55-3)15-17-35)38(19-21-46-26-31(20-22-49)44-45-46)56-42(27)36-24-32(48(52)53)11-18-37(36)47(41(42)51)25-28-7-6-8-30(23-28)43-40(50)29-9-12-33(54-2)13-10-29/h6-18,23-24,26-27,38-39,49H,19-22,25H2,1-5H3,(H,43,50)/t27-,38+,39-,42+/m0/s1. The molecular weight excluding hydrogens is 745 g/mol. The Labute approximate surface area is 331 Å². The second-order valence-electron chi connectivity index (χ2n) is 15.1. The second-order valence-corrected chi connectivity index (χ2v) is 19.8. The first kappa shape index (κ1) is 39.3. The number of aliphatic hydroxyl groups is 1. The predicted molar refractivity (Wildman–Crippen MR) is 217 cm³/mol. The lowest BCUT2D eigenvalue weighted by Gasteiger charge is -2.37. The van der Waals surface area contributed by atoms with Crippen molar-refractivity contribution in [3.63, 3.8) is 0 Å². The van der Waals surface area contributed by atoms with Crippen LogP contribution in [0.4, 0.5) is 17.1 Å². The summed E-state index contributed by atoms with van der Waals surface area (Å²) < 4.78 is 19.6. The fourth-order valence-electron chi connectivity index (χ4n) is 8.65. The molecule has 0 bridgehead atoms. The lowest BCUT2D eigenvalue weighted by atomic mass is 9.82. The zero-order chi connectivity index (χ0) is 40.5. The van der Waals surface area contributed by atoms with Crippen LogP contribution in [0, 0.1) is 16.0 Å². The van der Waals surface area contributed by atoms with Gasteiger partial charge in [-0.05, 0) is 72.1 Å². The van der Waals surface area contributed by atoms with Crippen molar-refractivity contribution in [3.8, 4) is 11.5 Å². The number of ether oxygens (including phenoxy) is 3. The summed E-state index contributed by atoms with van der Waals surface area (Å²) in [7, 11) is 0.692. The second kappa shape index (κ2) is 15.9. The number of aromatic nitrogens is 3. The van der Waals surface area contributed by atoms with Crippen LogP contribution in [0.5, 0.6) is 11.5 Å². The summed E-state index contributed by atoms with van der Waals surface area (Å²) >= 11 is 0. The Morgan fingerprint density at radius 3 is 2.39 bits per heavy atom. The van der Waals surface area contributed by atoms with Crippen molar-refractivity contribution in [2.75, 3.05) is 31.0 Å². The number of hydrogen-bond acceptors (Lipinski definition) is 10. The van der Waals surface area contributed by atoms with Gasteiger partial charge in [0, 0.05) is 60.6 Å².